The SMILES string of the molecule is CCN(CC)c1ccc(C2/C(=C(\O)c3cc(Cl)cc(Cl)c3OC)C(=O)C(=O)N2c2ccc(C)c(C)c2)cc1. The second kappa shape index (κ2) is 11.1. The van der Waals surface area contributed by atoms with Crippen molar-refractivity contribution in [2.24, 2.45) is 0 Å². The summed E-state index contributed by atoms with van der Waals surface area (Å²) >= 11 is 12.6. The lowest BCUT2D eigenvalue weighted by atomic mass is 9.94. The van der Waals surface area contributed by atoms with Gasteiger partial charge in [-0.25, -0.2) is 0 Å². The summed E-state index contributed by atoms with van der Waals surface area (Å²) in [6.07, 6.45) is 0. The van der Waals surface area contributed by atoms with Crippen LogP contribution in [-0.2, 0) is 9.59 Å². The molecule has 3 aromatic carbocycles. The molecule has 1 fully saturated rings. The number of anilines is 2. The van der Waals surface area contributed by atoms with Crippen molar-refractivity contribution in [1.82, 2.24) is 0 Å². The summed E-state index contributed by atoms with van der Waals surface area (Å²) in [5.41, 5.74) is 4.35. The van der Waals surface area contributed by atoms with Crippen LogP contribution in [0.4, 0.5) is 11.4 Å². The van der Waals surface area contributed by atoms with Gasteiger partial charge in [0, 0.05) is 29.5 Å². The summed E-state index contributed by atoms with van der Waals surface area (Å²) < 4.78 is 5.42. The molecule has 3 aromatic rings. The minimum atomic E-state index is -0.884. The number of aryl methyl sites for hydroxylation is 2. The van der Waals surface area contributed by atoms with E-state index in [4.69, 9.17) is 27.9 Å². The van der Waals surface area contributed by atoms with Crippen LogP contribution in [-0.4, -0.2) is 37.0 Å². The lowest BCUT2D eigenvalue weighted by Crippen LogP contribution is -2.29. The maximum atomic E-state index is 13.6. The van der Waals surface area contributed by atoms with Crippen molar-refractivity contribution < 1.29 is 19.4 Å². The van der Waals surface area contributed by atoms with E-state index >= 15 is 0 Å². The first-order valence-electron chi connectivity index (χ1n) is 12.4. The van der Waals surface area contributed by atoms with E-state index in [0.29, 0.717) is 11.3 Å². The third-order valence-electron chi connectivity index (χ3n) is 7.02. The molecule has 1 saturated heterocycles. The molecule has 1 aliphatic rings. The van der Waals surface area contributed by atoms with Gasteiger partial charge in [0.15, 0.2) is 0 Å². The number of ketones is 1. The van der Waals surface area contributed by atoms with Gasteiger partial charge in [0.1, 0.15) is 11.5 Å². The number of halogens is 2. The molecule has 0 bridgehead atoms. The van der Waals surface area contributed by atoms with Gasteiger partial charge in [0.05, 0.1) is 29.3 Å². The number of Topliss-reactive ketones (excluding diaryl/α,β-unsaturated/α-hetero) is 1. The smallest absolute Gasteiger partial charge is 0.300 e. The van der Waals surface area contributed by atoms with Crippen LogP contribution in [0, 0.1) is 13.8 Å². The van der Waals surface area contributed by atoms with Gasteiger partial charge in [-0.3, -0.25) is 14.5 Å². The molecule has 6 nitrogen and oxygen atoms in total. The van der Waals surface area contributed by atoms with Crippen LogP contribution >= 0.6 is 23.2 Å². The summed E-state index contributed by atoms with van der Waals surface area (Å²) in [5.74, 6) is -1.80. The quantitative estimate of drug-likeness (QED) is 0.192. The number of ether oxygens (including phenoxy) is 1. The molecule has 0 aromatic heterocycles. The normalized spacial score (nSPS) is 16.7. The monoisotopic (exact) mass is 552 g/mol. The maximum absolute atomic E-state index is 13.6. The van der Waals surface area contributed by atoms with Crippen molar-refractivity contribution in [3.8, 4) is 5.75 Å². The van der Waals surface area contributed by atoms with Crippen LogP contribution in [0.25, 0.3) is 5.76 Å². The van der Waals surface area contributed by atoms with Gasteiger partial charge < -0.3 is 14.7 Å². The molecular formula is C30H30Cl2N2O4. The topological polar surface area (TPSA) is 70.1 Å². The fourth-order valence-corrected chi connectivity index (χ4v) is 5.41. The lowest BCUT2D eigenvalue weighted by Gasteiger charge is -2.27. The van der Waals surface area contributed by atoms with E-state index < -0.39 is 23.5 Å². The second-order valence-electron chi connectivity index (χ2n) is 9.17. The van der Waals surface area contributed by atoms with Gasteiger partial charge >= 0.3 is 0 Å². The van der Waals surface area contributed by atoms with Gasteiger partial charge in [-0.05, 0) is 80.8 Å². The number of hydrogen-bond donors (Lipinski definition) is 1. The van der Waals surface area contributed by atoms with Crippen molar-refractivity contribution in [2.75, 3.05) is 30.0 Å². The van der Waals surface area contributed by atoms with Gasteiger partial charge in [-0.15, -0.1) is 0 Å². The number of amides is 1. The van der Waals surface area contributed by atoms with Gasteiger partial charge in [-0.2, -0.15) is 0 Å². The highest BCUT2D eigenvalue weighted by molar-refractivity contribution is 6.52. The highest BCUT2D eigenvalue weighted by Crippen LogP contribution is 2.45. The predicted octanol–water partition coefficient (Wildman–Crippen LogP) is 7.09. The van der Waals surface area contributed by atoms with E-state index in [9.17, 15) is 14.7 Å². The molecule has 1 N–H and O–H groups in total. The maximum Gasteiger partial charge on any atom is 0.300 e. The van der Waals surface area contributed by atoms with E-state index in [0.717, 1.165) is 29.9 Å². The summed E-state index contributed by atoms with van der Waals surface area (Å²) in [7, 11) is 1.41. The third kappa shape index (κ3) is 4.86. The van der Waals surface area contributed by atoms with Gasteiger partial charge in [0.2, 0.25) is 0 Å². The van der Waals surface area contributed by atoms with Crippen molar-refractivity contribution >= 4 is 52.0 Å². The van der Waals surface area contributed by atoms with Crippen molar-refractivity contribution in [3.05, 3.63) is 92.5 Å². The van der Waals surface area contributed by atoms with Crippen molar-refractivity contribution in [1.29, 1.82) is 0 Å². The van der Waals surface area contributed by atoms with Gasteiger partial charge in [0.25, 0.3) is 11.7 Å². The predicted molar refractivity (Wildman–Crippen MR) is 154 cm³/mol. The number of benzene rings is 3. The molecule has 1 unspecified atom stereocenters. The summed E-state index contributed by atoms with van der Waals surface area (Å²) in [6, 6.07) is 15.3. The number of methoxy groups -OCH3 is 1. The van der Waals surface area contributed by atoms with E-state index in [1.807, 2.05) is 56.3 Å². The molecule has 198 valence electrons. The minimum absolute atomic E-state index is 0.0690. The Hall–Kier alpha value is -3.48. The van der Waals surface area contributed by atoms with E-state index in [1.54, 1.807) is 0 Å². The average molecular weight is 553 g/mol. The first-order valence-corrected chi connectivity index (χ1v) is 13.1. The Bertz CT molecular complexity index is 1430. The van der Waals surface area contributed by atoms with Gasteiger partial charge in [-0.1, -0.05) is 41.4 Å². The van der Waals surface area contributed by atoms with Crippen LogP contribution in [0.1, 0.15) is 42.1 Å². The molecule has 1 aliphatic heterocycles. The number of carbonyl (C=O) groups excluding carboxylic acids is 2. The Balaban J connectivity index is 1.98. The standard InChI is InChI=1S/C30H30Cl2N2O4/c1-6-33(7-2)21-12-9-19(10-13-21)26-25(27(35)23-15-20(31)16-24(32)29(23)38-5)28(36)30(37)34(26)22-11-8-17(3)18(4)14-22/h8-16,26,35H,6-7H2,1-5H3/b27-25+. The average Bonchev–Trinajstić information content (AvgIpc) is 3.16. The Kier molecular flexibility index (Phi) is 8.05. The third-order valence-corrected chi connectivity index (χ3v) is 7.52. The first kappa shape index (κ1) is 27.6. The Morgan fingerprint density at radius 3 is 2.21 bits per heavy atom. The Morgan fingerprint density at radius 2 is 1.63 bits per heavy atom. The number of carbonyl (C=O) groups is 2. The summed E-state index contributed by atoms with van der Waals surface area (Å²) in [5, 5.41) is 12.0. The fraction of sp³-hybridized carbons (Fsp3) is 0.267. The van der Waals surface area contributed by atoms with Crippen molar-refractivity contribution in [2.45, 2.75) is 33.7 Å². The zero-order chi connectivity index (χ0) is 27.7. The lowest BCUT2D eigenvalue weighted by molar-refractivity contribution is -0.132. The molecule has 1 heterocycles. The Labute approximate surface area is 233 Å². The fourth-order valence-electron chi connectivity index (χ4n) is 4.83. The molecule has 0 aliphatic carbocycles. The second-order valence-corrected chi connectivity index (χ2v) is 10.0. The summed E-state index contributed by atoms with van der Waals surface area (Å²) in [4.78, 5) is 30.7. The molecule has 1 atom stereocenters. The first-order chi connectivity index (χ1) is 18.1. The van der Waals surface area contributed by atoms with E-state index in [-0.39, 0.29) is 26.9 Å². The van der Waals surface area contributed by atoms with Crippen LogP contribution in [0.5, 0.6) is 5.75 Å². The number of aliphatic hydroxyl groups is 1. The molecule has 38 heavy (non-hydrogen) atoms. The zero-order valence-corrected chi connectivity index (χ0v) is 23.5. The van der Waals surface area contributed by atoms with E-state index in [1.165, 1.54) is 24.1 Å². The van der Waals surface area contributed by atoms with Crippen LogP contribution in [0.15, 0.2) is 60.2 Å². The zero-order valence-electron chi connectivity index (χ0n) is 22.0. The molecule has 0 spiro atoms. The molecule has 0 saturated carbocycles. The number of rotatable bonds is 7. The van der Waals surface area contributed by atoms with Crippen LogP contribution in [0.2, 0.25) is 10.0 Å². The highest BCUT2D eigenvalue weighted by Gasteiger charge is 2.47. The molecule has 8 heteroatoms. The molecule has 1 amide bonds. The van der Waals surface area contributed by atoms with Crippen LogP contribution < -0.4 is 14.5 Å². The number of aliphatic hydroxyl groups excluding tert-OH is 1. The van der Waals surface area contributed by atoms with Crippen LogP contribution in [0.3, 0.4) is 0 Å². The summed E-state index contributed by atoms with van der Waals surface area (Å²) in [6.45, 7) is 9.76. The molecule has 4 rings (SSSR count). The number of hydrogen-bond acceptors (Lipinski definition) is 5. The Morgan fingerprint density at radius 1 is 0.974 bits per heavy atom. The highest BCUT2D eigenvalue weighted by atomic mass is 35.5. The molecule has 0 radical (unpaired) electrons. The molecular weight excluding hydrogens is 523 g/mol. The number of nitrogens with zero attached hydrogens (tertiary/aromatic N) is 2. The minimum Gasteiger partial charge on any atom is -0.507 e. The largest absolute Gasteiger partial charge is 0.507 e. The van der Waals surface area contributed by atoms with Crippen molar-refractivity contribution in [3.63, 3.8) is 0 Å². The van der Waals surface area contributed by atoms with E-state index in [2.05, 4.69) is 18.7 Å².